The van der Waals surface area contributed by atoms with Crippen molar-refractivity contribution in [3.05, 3.63) is 0 Å². The smallest absolute Gasteiger partial charge is 0.155 e. The van der Waals surface area contributed by atoms with E-state index in [-0.39, 0.29) is 9.03 Å². The molecule has 0 heterocycles. The topological polar surface area (TPSA) is 18.5 Å². The molecule has 5 heteroatoms. The lowest BCUT2D eigenvalue weighted by atomic mass is 10.9. The second kappa shape index (κ2) is 7.18. The van der Waals surface area contributed by atoms with E-state index in [2.05, 4.69) is 39.3 Å². The fourth-order valence-corrected chi connectivity index (χ4v) is 3.13. The van der Waals surface area contributed by atoms with Gasteiger partial charge in [-0.2, -0.15) is 0 Å². The van der Waals surface area contributed by atoms with Crippen LogP contribution in [0, 0.1) is 0 Å². The zero-order chi connectivity index (χ0) is 11.9. The van der Waals surface area contributed by atoms with Gasteiger partial charge in [0.15, 0.2) is 9.03 Å². The molecule has 0 saturated heterocycles. The van der Waals surface area contributed by atoms with E-state index in [1.54, 1.807) is 0 Å². The highest BCUT2D eigenvalue weighted by Crippen LogP contribution is 2.19. The summed E-state index contributed by atoms with van der Waals surface area (Å²) in [7, 11) is -1.60. The highest BCUT2D eigenvalue weighted by molar-refractivity contribution is 7.26. The molecule has 0 radical (unpaired) electrons. The Labute approximate surface area is 99.1 Å². The molecule has 0 aliphatic carbocycles. The summed E-state index contributed by atoms with van der Waals surface area (Å²) < 4.78 is 11.0. The van der Waals surface area contributed by atoms with E-state index in [1.165, 1.54) is 12.1 Å². The standard InChI is InChI=1S/C10H27O2PSi2/c1-14(2,3)9-7-11-13-12-8-10-15(4,5)6/h13H,7-10H2,1-6H3. The lowest BCUT2D eigenvalue weighted by Gasteiger charge is -2.16. The molecule has 0 aliphatic rings. The van der Waals surface area contributed by atoms with Crippen molar-refractivity contribution < 1.29 is 9.05 Å². The fraction of sp³-hybridized carbons (Fsp3) is 1.00. The van der Waals surface area contributed by atoms with Gasteiger partial charge in [0, 0.05) is 16.1 Å². The van der Waals surface area contributed by atoms with Gasteiger partial charge in [0.1, 0.15) is 0 Å². The summed E-state index contributed by atoms with van der Waals surface area (Å²) in [6.45, 7) is 16.0. The van der Waals surface area contributed by atoms with Crippen LogP contribution in [0.15, 0.2) is 0 Å². The van der Waals surface area contributed by atoms with E-state index in [4.69, 9.17) is 9.05 Å². The van der Waals surface area contributed by atoms with Gasteiger partial charge in [0.25, 0.3) is 0 Å². The first kappa shape index (κ1) is 15.8. The van der Waals surface area contributed by atoms with Crippen LogP contribution >= 0.6 is 9.03 Å². The van der Waals surface area contributed by atoms with Crippen molar-refractivity contribution in [3.8, 4) is 0 Å². The highest BCUT2D eigenvalue weighted by atomic mass is 31.1. The molecule has 0 saturated carbocycles. The highest BCUT2D eigenvalue weighted by Gasteiger charge is 2.13. The van der Waals surface area contributed by atoms with Gasteiger partial charge in [-0.15, -0.1) is 0 Å². The summed E-state index contributed by atoms with van der Waals surface area (Å²) in [5.74, 6) is 0. The molecule has 0 aromatic heterocycles. The molecule has 2 nitrogen and oxygen atoms in total. The molecule has 0 amide bonds. The van der Waals surface area contributed by atoms with Gasteiger partial charge in [-0.05, 0) is 12.1 Å². The van der Waals surface area contributed by atoms with Gasteiger partial charge >= 0.3 is 0 Å². The molecule has 0 fully saturated rings. The Hall–Kier alpha value is 0.784. The third-order valence-corrected chi connectivity index (χ3v) is 6.08. The lowest BCUT2D eigenvalue weighted by Crippen LogP contribution is -2.21. The van der Waals surface area contributed by atoms with Crippen molar-refractivity contribution >= 4 is 25.2 Å². The Morgan fingerprint density at radius 3 is 1.33 bits per heavy atom. The SMILES string of the molecule is C[Si](C)(C)CCOPOCC[Si](C)(C)C. The predicted molar refractivity (Wildman–Crippen MR) is 76.5 cm³/mol. The van der Waals surface area contributed by atoms with Gasteiger partial charge in [0.05, 0.1) is 13.2 Å². The van der Waals surface area contributed by atoms with Gasteiger partial charge in [-0.1, -0.05) is 39.3 Å². The van der Waals surface area contributed by atoms with Crippen LogP contribution < -0.4 is 0 Å². The molecule has 0 atom stereocenters. The van der Waals surface area contributed by atoms with Gasteiger partial charge in [0.2, 0.25) is 0 Å². The number of hydrogen-bond donors (Lipinski definition) is 0. The molecule has 92 valence electrons. The molecule has 0 bridgehead atoms. The van der Waals surface area contributed by atoms with Gasteiger partial charge in [-0.25, -0.2) is 0 Å². The Balaban J connectivity index is 3.20. The first-order valence-corrected chi connectivity index (χ1v) is 13.9. The molecule has 0 N–H and O–H groups in total. The van der Waals surface area contributed by atoms with Crippen LogP contribution in [0.25, 0.3) is 0 Å². The van der Waals surface area contributed by atoms with Crippen LogP contribution in [0.4, 0.5) is 0 Å². The summed E-state index contributed by atoms with van der Waals surface area (Å²) in [6.07, 6.45) is 0. The molecular formula is C10H27O2PSi2. The maximum absolute atomic E-state index is 5.48. The van der Waals surface area contributed by atoms with Crippen molar-refractivity contribution in [1.82, 2.24) is 0 Å². The summed E-state index contributed by atoms with van der Waals surface area (Å²) in [5, 5.41) is 0. The second-order valence-electron chi connectivity index (χ2n) is 6.40. The van der Waals surface area contributed by atoms with Crippen LogP contribution in [0.1, 0.15) is 0 Å². The maximum Gasteiger partial charge on any atom is 0.155 e. The fourth-order valence-electron chi connectivity index (χ4n) is 0.839. The van der Waals surface area contributed by atoms with Crippen LogP contribution in [-0.4, -0.2) is 29.4 Å². The van der Waals surface area contributed by atoms with Crippen LogP contribution in [0.5, 0.6) is 0 Å². The van der Waals surface area contributed by atoms with Crippen molar-refractivity contribution in [2.75, 3.05) is 13.2 Å². The molecule has 0 aromatic rings. The lowest BCUT2D eigenvalue weighted by molar-refractivity contribution is 0.286. The summed E-state index contributed by atoms with van der Waals surface area (Å²) >= 11 is 0. The van der Waals surface area contributed by atoms with Crippen LogP contribution in [0.3, 0.4) is 0 Å². The Morgan fingerprint density at radius 2 is 1.07 bits per heavy atom. The molecule has 0 spiro atoms. The minimum Gasteiger partial charge on any atom is -0.337 e. The first-order valence-electron chi connectivity index (χ1n) is 5.69. The Bertz CT molecular complexity index is 146. The van der Waals surface area contributed by atoms with Crippen molar-refractivity contribution in [2.45, 2.75) is 51.4 Å². The third-order valence-electron chi connectivity index (χ3n) is 2.03. The molecule has 0 unspecified atom stereocenters. The van der Waals surface area contributed by atoms with Crippen molar-refractivity contribution in [1.29, 1.82) is 0 Å². The van der Waals surface area contributed by atoms with Gasteiger partial charge in [-0.3, -0.25) is 0 Å². The molecule has 0 aliphatic heterocycles. The Morgan fingerprint density at radius 1 is 0.733 bits per heavy atom. The summed E-state index contributed by atoms with van der Waals surface area (Å²) in [5.41, 5.74) is 0. The Kier molecular flexibility index (Phi) is 7.55. The average Bonchev–Trinajstić information content (AvgIpc) is 1.98. The van der Waals surface area contributed by atoms with Gasteiger partial charge < -0.3 is 9.05 Å². The van der Waals surface area contributed by atoms with E-state index < -0.39 is 16.1 Å². The van der Waals surface area contributed by atoms with E-state index in [9.17, 15) is 0 Å². The minimum atomic E-state index is -0.925. The van der Waals surface area contributed by atoms with E-state index in [0.717, 1.165) is 13.2 Å². The monoisotopic (exact) mass is 266 g/mol. The van der Waals surface area contributed by atoms with Crippen LogP contribution in [0.2, 0.25) is 51.4 Å². The molecule has 0 aromatic carbocycles. The zero-order valence-corrected chi connectivity index (χ0v) is 14.1. The first-order chi connectivity index (χ1) is 6.71. The average molecular weight is 266 g/mol. The number of hydrogen-bond acceptors (Lipinski definition) is 2. The zero-order valence-electron chi connectivity index (χ0n) is 11.1. The van der Waals surface area contributed by atoms with E-state index in [1.807, 2.05) is 0 Å². The van der Waals surface area contributed by atoms with E-state index >= 15 is 0 Å². The minimum absolute atomic E-state index is 0.248. The number of rotatable bonds is 8. The summed E-state index contributed by atoms with van der Waals surface area (Å²) in [4.78, 5) is 0. The second-order valence-corrected chi connectivity index (χ2v) is 18.4. The maximum atomic E-state index is 5.48. The van der Waals surface area contributed by atoms with Crippen molar-refractivity contribution in [2.24, 2.45) is 0 Å². The summed E-state index contributed by atoms with van der Waals surface area (Å²) in [6, 6.07) is 2.47. The molecule has 15 heavy (non-hydrogen) atoms. The molecule has 0 rings (SSSR count). The largest absolute Gasteiger partial charge is 0.337 e. The van der Waals surface area contributed by atoms with Crippen molar-refractivity contribution in [3.63, 3.8) is 0 Å². The van der Waals surface area contributed by atoms with Crippen LogP contribution in [-0.2, 0) is 9.05 Å². The predicted octanol–water partition coefficient (Wildman–Crippen LogP) is 4.20. The van der Waals surface area contributed by atoms with E-state index in [0.29, 0.717) is 0 Å². The molecular weight excluding hydrogens is 239 g/mol. The normalized spacial score (nSPS) is 13.2. The third kappa shape index (κ3) is 14.8. The quantitative estimate of drug-likeness (QED) is 0.372.